The predicted octanol–water partition coefficient (Wildman–Crippen LogP) is 4.33. The normalized spacial score (nSPS) is 17.8. The second-order valence-electron chi connectivity index (χ2n) is 9.84. The van der Waals surface area contributed by atoms with Crippen molar-refractivity contribution in [3.63, 3.8) is 0 Å². The summed E-state index contributed by atoms with van der Waals surface area (Å²) in [4.78, 5) is 23.2. The lowest BCUT2D eigenvalue weighted by molar-refractivity contribution is -0.131. The molecule has 1 fully saturated rings. The number of carboxylic acid groups (broad SMARTS) is 1. The quantitative estimate of drug-likeness (QED) is 0.462. The van der Waals surface area contributed by atoms with Gasteiger partial charge >= 0.3 is 19.2 Å². The van der Waals surface area contributed by atoms with Gasteiger partial charge in [-0.15, -0.1) is 0 Å². The Morgan fingerprint density at radius 2 is 1.76 bits per heavy atom. The molecule has 180 valence electrons. The molecular formula is C24H34BNO7. The standard InChI is InChI=1S/C24H34BNO7/c1-22(2,3)31-21(29)26-15-18(25-32-23(4,5)24(6,7)33-25)14-16-9-11-19(30-8)17(13-16)10-12-20(27)28/h9-14H,15H2,1-8H3,(H,26,29)(H,27,28)/b12-10+,18-14?. The Kier molecular flexibility index (Phi) is 8.03. The minimum absolute atomic E-state index is 0.137. The van der Waals surface area contributed by atoms with Crippen LogP contribution in [0.2, 0.25) is 0 Å². The lowest BCUT2D eigenvalue weighted by atomic mass is 9.77. The average molecular weight is 459 g/mol. The highest BCUT2D eigenvalue weighted by Gasteiger charge is 2.52. The second-order valence-corrected chi connectivity index (χ2v) is 9.84. The van der Waals surface area contributed by atoms with Gasteiger partial charge in [0.15, 0.2) is 0 Å². The van der Waals surface area contributed by atoms with Crippen molar-refractivity contribution in [2.45, 2.75) is 65.3 Å². The SMILES string of the molecule is COc1ccc(C=C(CNC(=O)OC(C)(C)C)B2OC(C)(C)C(C)(C)O2)cc1/C=C/C(=O)O. The number of nitrogens with one attached hydrogen (secondary N) is 1. The van der Waals surface area contributed by atoms with E-state index in [0.29, 0.717) is 16.8 Å². The van der Waals surface area contributed by atoms with Crippen LogP contribution in [0.15, 0.2) is 29.7 Å². The van der Waals surface area contributed by atoms with Crippen LogP contribution in [0.3, 0.4) is 0 Å². The fourth-order valence-electron chi connectivity index (χ4n) is 3.03. The number of benzene rings is 1. The van der Waals surface area contributed by atoms with E-state index in [-0.39, 0.29) is 6.54 Å². The number of carbonyl (C=O) groups is 2. The molecule has 0 bridgehead atoms. The van der Waals surface area contributed by atoms with Crippen molar-refractivity contribution in [2.24, 2.45) is 0 Å². The first-order valence-electron chi connectivity index (χ1n) is 10.8. The number of amides is 1. The Morgan fingerprint density at radius 1 is 1.15 bits per heavy atom. The summed E-state index contributed by atoms with van der Waals surface area (Å²) in [6, 6.07) is 5.36. The molecule has 0 radical (unpaired) electrons. The molecule has 8 nitrogen and oxygen atoms in total. The van der Waals surface area contributed by atoms with Gasteiger partial charge in [0.2, 0.25) is 0 Å². The van der Waals surface area contributed by atoms with E-state index in [9.17, 15) is 9.59 Å². The molecule has 0 atom stereocenters. The smallest absolute Gasteiger partial charge is 0.492 e. The molecule has 1 aromatic rings. The molecule has 0 saturated carbocycles. The van der Waals surface area contributed by atoms with Gasteiger partial charge in [0, 0.05) is 18.2 Å². The number of rotatable bonds is 7. The van der Waals surface area contributed by atoms with Crippen LogP contribution in [0.1, 0.15) is 59.6 Å². The highest BCUT2D eigenvalue weighted by molar-refractivity contribution is 6.56. The Labute approximate surface area is 196 Å². The van der Waals surface area contributed by atoms with Crippen LogP contribution in [-0.4, -0.2) is 54.7 Å². The lowest BCUT2D eigenvalue weighted by Crippen LogP contribution is -2.41. The summed E-state index contributed by atoms with van der Waals surface area (Å²) in [7, 11) is 0.828. The zero-order valence-electron chi connectivity index (χ0n) is 20.6. The first kappa shape index (κ1) is 26.5. The number of methoxy groups -OCH3 is 1. The Hall–Kier alpha value is -2.78. The number of carbonyl (C=O) groups excluding carboxylic acids is 1. The molecule has 0 aliphatic carbocycles. The molecular weight excluding hydrogens is 425 g/mol. The molecule has 1 amide bonds. The number of hydrogen-bond acceptors (Lipinski definition) is 6. The largest absolute Gasteiger partial charge is 0.496 e. The molecule has 2 rings (SSSR count). The Bertz CT molecular complexity index is 929. The van der Waals surface area contributed by atoms with E-state index in [0.717, 1.165) is 11.6 Å². The van der Waals surface area contributed by atoms with Crippen LogP contribution < -0.4 is 10.1 Å². The van der Waals surface area contributed by atoms with Crippen molar-refractivity contribution in [1.82, 2.24) is 5.32 Å². The molecule has 0 aromatic heterocycles. The van der Waals surface area contributed by atoms with Crippen molar-refractivity contribution >= 4 is 31.3 Å². The van der Waals surface area contributed by atoms with E-state index in [2.05, 4.69) is 5.32 Å². The monoisotopic (exact) mass is 459 g/mol. The van der Waals surface area contributed by atoms with Gasteiger partial charge < -0.3 is 29.2 Å². The Morgan fingerprint density at radius 3 is 2.27 bits per heavy atom. The summed E-state index contributed by atoms with van der Waals surface area (Å²) >= 11 is 0. The maximum atomic E-state index is 12.2. The third-order valence-electron chi connectivity index (χ3n) is 5.40. The van der Waals surface area contributed by atoms with Crippen LogP contribution in [0, 0.1) is 0 Å². The van der Waals surface area contributed by atoms with Crippen LogP contribution in [0.5, 0.6) is 5.75 Å². The van der Waals surface area contributed by atoms with Gasteiger partial charge in [-0.1, -0.05) is 12.1 Å². The molecule has 1 heterocycles. The maximum Gasteiger partial charge on any atom is 0.492 e. The molecule has 2 N–H and O–H groups in total. The van der Waals surface area contributed by atoms with Gasteiger partial charge in [-0.2, -0.15) is 0 Å². The zero-order chi connectivity index (χ0) is 25.0. The summed E-state index contributed by atoms with van der Waals surface area (Å²) < 4.78 is 23.0. The van der Waals surface area contributed by atoms with Gasteiger partial charge in [0.25, 0.3) is 0 Å². The third-order valence-corrected chi connectivity index (χ3v) is 5.40. The average Bonchev–Trinajstić information content (AvgIpc) is 2.89. The Balaban J connectivity index is 2.39. The van der Waals surface area contributed by atoms with Gasteiger partial charge in [-0.25, -0.2) is 9.59 Å². The molecule has 0 unspecified atom stereocenters. The molecule has 0 spiro atoms. The lowest BCUT2D eigenvalue weighted by Gasteiger charge is -2.32. The minimum Gasteiger partial charge on any atom is -0.496 e. The van der Waals surface area contributed by atoms with Crippen LogP contribution in [-0.2, 0) is 18.8 Å². The predicted molar refractivity (Wildman–Crippen MR) is 128 cm³/mol. The first-order chi connectivity index (χ1) is 15.1. The van der Waals surface area contributed by atoms with Crippen molar-refractivity contribution in [1.29, 1.82) is 0 Å². The second kappa shape index (κ2) is 10.0. The van der Waals surface area contributed by atoms with Crippen molar-refractivity contribution in [3.8, 4) is 5.75 Å². The number of hydrogen-bond donors (Lipinski definition) is 2. The van der Waals surface area contributed by atoms with Gasteiger partial charge in [-0.3, -0.25) is 0 Å². The van der Waals surface area contributed by atoms with E-state index in [4.69, 9.17) is 23.9 Å². The molecule has 1 aliphatic heterocycles. The summed E-state index contributed by atoms with van der Waals surface area (Å²) in [5, 5.41) is 11.7. The van der Waals surface area contributed by atoms with Crippen molar-refractivity contribution < 1.29 is 33.5 Å². The first-order valence-corrected chi connectivity index (χ1v) is 10.8. The summed E-state index contributed by atoms with van der Waals surface area (Å²) in [6.45, 7) is 13.3. The van der Waals surface area contributed by atoms with Gasteiger partial charge in [0.1, 0.15) is 11.4 Å². The molecule has 33 heavy (non-hydrogen) atoms. The summed E-state index contributed by atoms with van der Waals surface area (Å²) in [5.41, 5.74) is 0.298. The third kappa shape index (κ3) is 7.37. The maximum absolute atomic E-state index is 12.2. The molecule has 1 aromatic carbocycles. The number of ether oxygens (including phenoxy) is 2. The fourth-order valence-corrected chi connectivity index (χ4v) is 3.03. The highest BCUT2D eigenvalue weighted by Crippen LogP contribution is 2.39. The van der Waals surface area contributed by atoms with E-state index in [1.807, 2.05) is 39.8 Å². The van der Waals surface area contributed by atoms with Crippen LogP contribution in [0.4, 0.5) is 4.79 Å². The molecule has 9 heteroatoms. The van der Waals surface area contributed by atoms with E-state index < -0.39 is 36.0 Å². The van der Waals surface area contributed by atoms with Gasteiger partial charge in [0.05, 0.1) is 18.3 Å². The van der Waals surface area contributed by atoms with E-state index in [1.165, 1.54) is 13.2 Å². The minimum atomic E-state index is -1.06. The van der Waals surface area contributed by atoms with Crippen LogP contribution in [0.25, 0.3) is 12.2 Å². The summed E-state index contributed by atoms with van der Waals surface area (Å²) in [6.07, 6.45) is 3.80. The summed E-state index contributed by atoms with van der Waals surface area (Å²) in [5.74, 6) is -0.522. The van der Waals surface area contributed by atoms with E-state index >= 15 is 0 Å². The number of alkyl carbamates (subject to hydrolysis) is 1. The van der Waals surface area contributed by atoms with Crippen molar-refractivity contribution in [2.75, 3.05) is 13.7 Å². The molecule has 1 saturated heterocycles. The van der Waals surface area contributed by atoms with Gasteiger partial charge in [-0.05, 0) is 77.7 Å². The molecule has 1 aliphatic rings. The zero-order valence-corrected chi connectivity index (χ0v) is 20.6. The highest BCUT2D eigenvalue weighted by atomic mass is 16.7. The number of carboxylic acids is 1. The van der Waals surface area contributed by atoms with Crippen molar-refractivity contribution in [3.05, 3.63) is 40.9 Å². The fraction of sp³-hybridized carbons (Fsp3) is 0.500. The van der Waals surface area contributed by atoms with E-state index in [1.54, 1.807) is 32.9 Å². The topological polar surface area (TPSA) is 103 Å². The number of aliphatic carboxylic acids is 1. The van der Waals surface area contributed by atoms with Crippen LogP contribution >= 0.6 is 0 Å².